The minimum absolute atomic E-state index is 0.222. The summed E-state index contributed by atoms with van der Waals surface area (Å²) >= 11 is 1.64. The Labute approximate surface area is 195 Å². The number of benzene rings is 2. The molecule has 0 bridgehead atoms. The molecule has 0 fully saturated rings. The Balaban J connectivity index is 1.62. The van der Waals surface area contributed by atoms with Crippen LogP contribution in [0.3, 0.4) is 0 Å². The number of aryl methyl sites for hydroxylation is 1. The summed E-state index contributed by atoms with van der Waals surface area (Å²) in [6.07, 6.45) is -1.14. The maximum Gasteiger partial charge on any atom is 0.412 e. The molecule has 33 heavy (non-hydrogen) atoms. The first kappa shape index (κ1) is 24.3. The third-order valence-corrected chi connectivity index (χ3v) is 5.91. The molecule has 0 spiro atoms. The summed E-state index contributed by atoms with van der Waals surface area (Å²) in [6, 6.07) is 13.8. The lowest BCUT2D eigenvalue weighted by molar-refractivity contribution is -0.140. The smallest absolute Gasteiger partial charge is 0.412 e. The van der Waals surface area contributed by atoms with Crippen molar-refractivity contribution in [1.29, 1.82) is 0 Å². The van der Waals surface area contributed by atoms with Crippen LogP contribution >= 0.6 is 11.8 Å². The number of amides is 1. The van der Waals surface area contributed by atoms with E-state index in [1.54, 1.807) is 43.8 Å². The van der Waals surface area contributed by atoms with Crippen LogP contribution in [0.15, 0.2) is 53.1 Å². The van der Waals surface area contributed by atoms with Crippen molar-refractivity contribution in [3.05, 3.63) is 71.2 Å². The number of esters is 1. The zero-order valence-corrected chi connectivity index (χ0v) is 19.4. The predicted octanol–water partition coefficient (Wildman–Crippen LogP) is 5.90. The highest BCUT2D eigenvalue weighted by atomic mass is 32.2. The summed E-state index contributed by atoms with van der Waals surface area (Å²) in [5, 5.41) is 6.61. The molecule has 1 amide bonds. The lowest BCUT2D eigenvalue weighted by atomic mass is 10.1. The molecule has 0 saturated heterocycles. The standard InChI is InChI=1S/C24H25FN2O5S/c1-15-22(26-24(29)31-16(2)19-6-4-5-7-20(19)25)23(32-27-15)18-10-8-17(9-11-18)14-33-13-12-21(28)30-3/h4-11,16H,12-14H2,1-3H3,(H,26,29). The van der Waals surface area contributed by atoms with Crippen LogP contribution in [0, 0.1) is 12.7 Å². The van der Waals surface area contributed by atoms with Crippen molar-refractivity contribution in [3.8, 4) is 11.3 Å². The number of nitrogens with one attached hydrogen (secondary N) is 1. The summed E-state index contributed by atoms with van der Waals surface area (Å²) < 4.78 is 29.3. The zero-order valence-electron chi connectivity index (χ0n) is 18.6. The Morgan fingerprint density at radius 3 is 2.61 bits per heavy atom. The number of halogens is 1. The lowest BCUT2D eigenvalue weighted by Gasteiger charge is -2.15. The Hall–Kier alpha value is -3.33. The molecular formula is C24H25FN2O5S. The van der Waals surface area contributed by atoms with E-state index in [0.29, 0.717) is 29.3 Å². The Kier molecular flexibility index (Phi) is 8.48. The van der Waals surface area contributed by atoms with E-state index in [1.807, 2.05) is 24.3 Å². The number of carbonyl (C=O) groups is 2. The molecule has 0 saturated carbocycles. The van der Waals surface area contributed by atoms with Crippen LogP contribution in [-0.4, -0.2) is 30.1 Å². The number of hydrogen-bond acceptors (Lipinski definition) is 7. The van der Waals surface area contributed by atoms with E-state index in [2.05, 4.69) is 15.2 Å². The van der Waals surface area contributed by atoms with E-state index in [9.17, 15) is 14.0 Å². The molecule has 0 aliphatic heterocycles. The van der Waals surface area contributed by atoms with E-state index < -0.39 is 18.0 Å². The Morgan fingerprint density at radius 2 is 1.91 bits per heavy atom. The SMILES string of the molecule is COC(=O)CCSCc1ccc(-c2onc(C)c2NC(=O)OC(C)c2ccccc2F)cc1. The summed E-state index contributed by atoms with van der Waals surface area (Å²) in [6.45, 7) is 3.30. The molecule has 3 aromatic rings. The number of ether oxygens (including phenoxy) is 2. The van der Waals surface area contributed by atoms with Crippen LogP contribution in [0.5, 0.6) is 0 Å². The van der Waals surface area contributed by atoms with Gasteiger partial charge in [0, 0.05) is 22.6 Å². The number of aromatic nitrogens is 1. The van der Waals surface area contributed by atoms with Crippen LogP contribution < -0.4 is 5.32 Å². The van der Waals surface area contributed by atoms with Gasteiger partial charge in [-0.25, -0.2) is 9.18 Å². The van der Waals surface area contributed by atoms with Crippen molar-refractivity contribution >= 4 is 29.5 Å². The monoisotopic (exact) mass is 472 g/mol. The van der Waals surface area contributed by atoms with Crippen LogP contribution in [0.4, 0.5) is 14.9 Å². The van der Waals surface area contributed by atoms with E-state index in [4.69, 9.17) is 9.26 Å². The normalized spacial score (nSPS) is 11.6. The number of anilines is 1. The molecule has 0 aliphatic rings. The topological polar surface area (TPSA) is 90.7 Å². The number of methoxy groups -OCH3 is 1. The van der Waals surface area contributed by atoms with E-state index in [-0.39, 0.29) is 11.5 Å². The molecule has 1 unspecified atom stereocenters. The van der Waals surface area contributed by atoms with Crippen LogP contribution in [0.2, 0.25) is 0 Å². The molecule has 1 N–H and O–H groups in total. The Bertz CT molecular complexity index is 1100. The van der Waals surface area contributed by atoms with Crippen molar-refractivity contribution in [2.75, 3.05) is 18.2 Å². The van der Waals surface area contributed by atoms with Gasteiger partial charge in [-0.2, -0.15) is 11.8 Å². The van der Waals surface area contributed by atoms with Gasteiger partial charge in [-0.15, -0.1) is 0 Å². The predicted molar refractivity (Wildman–Crippen MR) is 124 cm³/mol. The highest BCUT2D eigenvalue weighted by Gasteiger charge is 2.21. The molecule has 7 nitrogen and oxygen atoms in total. The average molecular weight is 473 g/mol. The molecule has 2 aromatic carbocycles. The van der Waals surface area contributed by atoms with Gasteiger partial charge in [0.25, 0.3) is 0 Å². The van der Waals surface area contributed by atoms with Crippen molar-refractivity contribution in [1.82, 2.24) is 5.16 Å². The fraction of sp³-hybridized carbons (Fsp3) is 0.292. The number of nitrogens with zero attached hydrogens (tertiary/aromatic N) is 1. The molecule has 3 rings (SSSR count). The zero-order chi connectivity index (χ0) is 23.8. The van der Waals surface area contributed by atoms with E-state index in [0.717, 1.165) is 16.9 Å². The van der Waals surface area contributed by atoms with Crippen LogP contribution in [0.1, 0.15) is 36.3 Å². The van der Waals surface area contributed by atoms with Gasteiger partial charge >= 0.3 is 12.1 Å². The first-order valence-electron chi connectivity index (χ1n) is 10.3. The van der Waals surface area contributed by atoms with Gasteiger partial charge < -0.3 is 14.0 Å². The van der Waals surface area contributed by atoms with Gasteiger partial charge in [0.2, 0.25) is 0 Å². The molecule has 9 heteroatoms. The second kappa shape index (κ2) is 11.5. The second-order valence-corrected chi connectivity index (χ2v) is 8.35. The maximum atomic E-state index is 13.9. The van der Waals surface area contributed by atoms with Gasteiger partial charge in [-0.05, 0) is 25.5 Å². The summed E-state index contributed by atoms with van der Waals surface area (Å²) in [5.41, 5.74) is 2.98. The second-order valence-electron chi connectivity index (χ2n) is 7.24. The van der Waals surface area contributed by atoms with Crippen molar-refractivity contribution in [2.24, 2.45) is 0 Å². The molecular weight excluding hydrogens is 447 g/mol. The number of hydrogen-bond donors (Lipinski definition) is 1. The fourth-order valence-electron chi connectivity index (χ4n) is 3.07. The molecule has 0 radical (unpaired) electrons. The molecule has 1 heterocycles. The van der Waals surface area contributed by atoms with Gasteiger partial charge in [-0.3, -0.25) is 10.1 Å². The number of thioether (sulfide) groups is 1. The van der Waals surface area contributed by atoms with Gasteiger partial charge in [0.15, 0.2) is 5.76 Å². The van der Waals surface area contributed by atoms with Gasteiger partial charge in [0.1, 0.15) is 23.3 Å². The average Bonchev–Trinajstić information content (AvgIpc) is 3.17. The summed E-state index contributed by atoms with van der Waals surface area (Å²) in [5.74, 6) is 1.16. The van der Waals surface area contributed by atoms with Gasteiger partial charge in [-0.1, -0.05) is 47.6 Å². The minimum Gasteiger partial charge on any atom is -0.469 e. The van der Waals surface area contributed by atoms with Crippen molar-refractivity contribution in [3.63, 3.8) is 0 Å². The first-order chi connectivity index (χ1) is 15.9. The van der Waals surface area contributed by atoms with E-state index >= 15 is 0 Å². The summed E-state index contributed by atoms with van der Waals surface area (Å²) in [7, 11) is 1.38. The molecule has 1 aromatic heterocycles. The highest BCUT2D eigenvalue weighted by Crippen LogP contribution is 2.32. The van der Waals surface area contributed by atoms with Crippen LogP contribution in [-0.2, 0) is 20.0 Å². The highest BCUT2D eigenvalue weighted by molar-refractivity contribution is 7.98. The summed E-state index contributed by atoms with van der Waals surface area (Å²) in [4.78, 5) is 23.6. The third kappa shape index (κ3) is 6.58. The molecule has 0 aliphatic carbocycles. The molecule has 1 atom stereocenters. The fourth-order valence-corrected chi connectivity index (χ4v) is 3.96. The third-order valence-electron chi connectivity index (χ3n) is 4.88. The lowest BCUT2D eigenvalue weighted by Crippen LogP contribution is -2.17. The van der Waals surface area contributed by atoms with Crippen molar-refractivity contribution < 1.29 is 28.0 Å². The molecule has 174 valence electrons. The number of carbonyl (C=O) groups excluding carboxylic acids is 2. The number of rotatable bonds is 9. The van der Waals surface area contributed by atoms with Gasteiger partial charge in [0.05, 0.1) is 13.5 Å². The van der Waals surface area contributed by atoms with Crippen LogP contribution in [0.25, 0.3) is 11.3 Å². The van der Waals surface area contributed by atoms with E-state index in [1.165, 1.54) is 13.2 Å². The Morgan fingerprint density at radius 1 is 1.18 bits per heavy atom. The first-order valence-corrected chi connectivity index (χ1v) is 11.5. The maximum absolute atomic E-state index is 13.9. The quantitative estimate of drug-likeness (QED) is 0.306. The minimum atomic E-state index is -0.772. The largest absolute Gasteiger partial charge is 0.469 e. The van der Waals surface area contributed by atoms with Crippen molar-refractivity contribution in [2.45, 2.75) is 32.1 Å².